The van der Waals surface area contributed by atoms with E-state index in [0.717, 1.165) is 31.2 Å². The van der Waals surface area contributed by atoms with Crippen molar-refractivity contribution in [1.82, 2.24) is 15.6 Å². The Balaban J connectivity index is 1.47. The number of esters is 1. The minimum Gasteiger partial charge on any atom is -0.497 e. The number of aromatic nitrogens is 1. The first-order valence-corrected chi connectivity index (χ1v) is 10.8. The highest BCUT2D eigenvalue weighted by atomic mass is 16.5. The van der Waals surface area contributed by atoms with Gasteiger partial charge in [-0.25, -0.2) is 14.6 Å². The van der Waals surface area contributed by atoms with Crippen molar-refractivity contribution >= 4 is 28.8 Å². The average molecular weight is 447 g/mol. The fraction of sp³-hybridized carbons (Fsp3) is 0.280. The fourth-order valence-corrected chi connectivity index (χ4v) is 3.92. The molecule has 8 heteroatoms. The Kier molecular flexibility index (Phi) is 6.83. The molecule has 2 aromatic carbocycles. The second kappa shape index (κ2) is 10.1. The van der Waals surface area contributed by atoms with Crippen molar-refractivity contribution in [3.63, 3.8) is 0 Å². The Bertz CT molecular complexity index is 1170. The molecule has 0 bridgehead atoms. The van der Waals surface area contributed by atoms with E-state index >= 15 is 0 Å². The van der Waals surface area contributed by atoms with E-state index in [1.807, 2.05) is 30.3 Å². The number of carbonyl (C=O) groups excluding carboxylic acids is 3. The van der Waals surface area contributed by atoms with Crippen LogP contribution in [0.2, 0.25) is 0 Å². The Morgan fingerprint density at radius 1 is 1.03 bits per heavy atom. The largest absolute Gasteiger partial charge is 0.497 e. The molecule has 0 saturated heterocycles. The molecule has 8 nitrogen and oxygen atoms in total. The van der Waals surface area contributed by atoms with Gasteiger partial charge in [0.05, 0.1) is 23.9 Å². The number of methoxy groups -OCH3 is 1. The maximum absolute atomic E-state index is 12.9. The van der Waals surface area contributed by atoms with Gasteiger partial charge >= 0.3 is 12.0 Å². The molecule has 3 amide bonds. The summed E-state index contributed by atoms with van der Waals surface area (Å²) in [6.07, 6.45) is 3.94. The van der Waals surface area contributed by atoms with E-state index < -0.39 is 24.5 Å². The lowest BCUT2D eigenvalue weighted by atomic mass is 10.0. The fourth-order valence-electron chi connectivity index (χ4n) is 3.92. The summed E-state index contributed by atoms with van der Waals surface area (Å²) in [5, 5.41) is 5.58. The monoisotopic (exact) mass is 447 g/mol. The standard InChI is InChI=1S/C25H25N3O5/c1-32-18-12-10-16(11-13-18)22-14-20(19-8-4-5-9-21(19)27-22)24(30)33-15-23(29)28-25(31)26-17-6-2-3-7-17/h4-5,8-14,17H,2-3,6-7,15H2,1H3,(H2,26,28,29,31). The van der Waals surface area contributed by atoms with Gasteiger partial charge in [0.1, 0.15) is 5.75 Å². The van der Waals surface area contributed by atoms with Crippen LogP contribution in [0.3, 0.4) is 0 Å². The summed E-state index contributed by atoms with van der Waals surface area (Å²) in [5.74, 6) is -0.649. The highest BCUT2D eigenvalue weighted by Gasteiger charge is 2.20. The first-order chi connectivity index (χ1) is 16.0. The van der Waals surface area contributed by atoms with Crippen LogP contribution < -0.4 is 15.4 Å². The number of nitrogens with one attached hydrogen (secondary N) is 2. The predicted molar refractivity (Wildman–Crippen MR) is 123 cm³/mol. The van der Waals surface area contributed by atoms with Gasteiger partial charge in [-0.3, -0.25) is 10.1 Å². The quantitative estimate of drug-likeness (QED) is 0.556. The number of ether oxygens (including phenoxy) is 2. The molecule has 33 heavy (non-hydrogen) atoms. The smallest absolute Gasteiger partial charge is 0.339 e. The lowest BCUT2D eigenvalue weighted by Crippen LogP contribution is -2.45. The van der Waals surface area contributed by atoms with Crippen molar-refractivity contribution in [2.45, 2.75) is 31.7 Å². The Morgan fingerprint density at radius 3 is 2.48 bits per heavy atom. The van der Waals surface area contributed by atoms with Crippen molar-refractivity contribution in [1.29, 1.82) is 0 Å². The van der Waals surface area contributed by atoms with Crippen LogP contribution in [-0.4, -0.2) is 42.7 Å². The summed E-state index contributed by atoms with van der Waals surface area (Å²) in [7, 11) is 1.59. The minimum absolute atomic E-state index is 0.0832. The van der Waals surface area contributed by atoms with Crippen molar-refractivity contribution in [2.75, 3.05) is 13.7 Å². The zero-order valence-corrected chi connectivity index (χ0v) is 18.3. The second-order valence-corrected chi connectivity index (χ2v) is 7.88. The summed E-state index contributed by atoms with van der Waals surface area (Å²) in [4.78, 5) is 41.6. The van der Waals surface area contributed by atoms with E-state index in [-0.39, 0.29) is 11.6 Å². The topological polar surface area (TPSA) is 107 Å². The third-order valence-corrected chi connectivity index (χ3v) is 5.60. The first-order valence-electron chi connectivity index (χ1n) is 10.8. The number of pyridine rings is 1. The number of carbonyl (C=O) groups is 3. The van der Waals surface area contributed by atoms with Gasteiger partial charge in [-0.15, -0.1) is 0 Å². The highest BCUT2D eigenvalue weighted by molar-refractivity contribution is 6.05. The van der Waals surface area contributed by atoms with Gasteiger partial charge in [0.25, 0.3) is 5.91 Å². The Morgan fingerprint density at radius 2 is 1.76 bits per heavy atom. The first kappa shape index (κ1) is 22.3. The summed E-state index contributed by atoms with van der Waals surface area (Å²) >= 11 is 0. The maximum Gasteiger partial charge on any atom is 0.339 e. The van der Waals surface area contributed by atoms with Crippen LogP contribution in [0.5, 0.6) is 5.75 Å². The molecule has 1 fully saturated rings. The van der Waals surface area contributed by atoms with Gasteiger partial charge in [-0.2, -0.15) is 0 Å². The number of imide groups is 1. The zero-order valence-electron chi connectivity index (χ0n) is 18.3. The zero-order chi connectivity index (χ0) is 23.2. The van der Waals surface area contributed by atoms with Crippen LogP contribution in [0, 0.1) is 0 Å². The SMILES string of the molecule is COc1ccc(-c2cc(C(=O)OCC(=O)NC(=O)NC3CCCC3)c3ccccc3n2)cc1. The molecule has 170 valence electrons. The molecule has 4 rings (SSSR count). The summed E-state index contributed by atoms with van der Waals surface area (Å²) in [5.41, 5.74) is 2.30. The number of nitrogens with zero attached hydrogens (tertiary/aromatic N) is 1. The van der Waals surface area contributed by atoms with Gasteiger partial charge in [-0.05, 0) is 49.2 Å². The highest BCUT2D eigenvalue weighted by Crippen LogP contribution is 2.27. The summed E-state index contributed by atoms with van der Waals surface area (Å²) < 4.78 is 10.4. The number of para-hydroxylation sites is 1. The molecule has 0 atom stereocenters. The van der Waals surface area contributed by atoms with E-state index in [1.165, 1.54) is 0 Å². The average Bonchev–Trinajstić information content (AvgIpc) is 3.34. The molecule has 1 saturated carbocycles. The number of benzene rings is 2. The van der Waals surface area contributed by atoms with Gasteiger partial charge in [0.2, 0.25) is 0 Å². The maximum atomic E-state index is 12.9. The van der Waals surface area contributed by atoms with Gasteiger partial charge < -0.3 is 14.8 Å². The number of urea groups is 1. The number of hydrogen-bond donors (Lipinski definition) is 2. The van der Waals surface area contributed by atoms with Gasteiger partial charge in [-0.1, -0.05) is 31.0 Å². The Hall–Kier alpha value is -3.94. The Labute approximate surface area is 191 Å². The van der Waals surface area contributed by atoms with Gasteiger partial charge in [0.15, 0.2) is 6.61 Å². The molecule has 0 radical (unpaired) electrons. The van der Waals surface area contributed by atoms with Crippen LogP contribution in [0.4, 0.5) is 4.79 Å². The summed E-state index contributed by atoms with van der Waals surface area (Å²) in [6, 6.07) is 15.7. The molecule has 0 spiro atoms. The third kappa shape index (κ3) is 5.46. The molecule has 1 aliphatic carbocycles. The number of fused-ring (bicyclic) bond motifs is 1. The predicted octanol–water partition coefficient (Wildman–Crippen LogP) is 3.84. The molecule has 0 aliphatic heterocycles. The van der Waals surface area contributed by atoms with Gasteiger partial charge in [0, 0.05) is 17.0 Å². The van der Waals surface area contributed by atoms with E-state index in [1.54, 1.807) is 31.4 Å². The van der Waals surface area contributed by atoms with Crippen molar-refractivity contribution in [2.24, 2.45) is 0 Å². The van der Waals surface area contributed by atoms with E-state index in [2.05, 4.69) is 15.6 Å². The van der Waals surface area contributed by atoms with Crippen molar-refractivity contribution in [3.05, 3.63) is 60.2 Å². The van der Waals surface area contributed by atoms with Crippen LogP contribution in [0.1, 0.15) is 36.0 Å². The van der Waals surface area contributed by atoms with E-state index in [0.29, 0.717) is 22.3 Å². The number of amides is 3. The molecule has 1 heterocycles. The molecule has 0 unspecified atom stereocenters. The molecule has 1 aliphatic rings. The van der Waals surface area contributed by atoms with Crippen molar-refractivity contribution < 1.29 is 23.9 Å². The third-order valence-electron chi connectivity index (χ3n) is 5.60. The molecular weight excluding hydrogens is 422 g/mol. The molecule has 2 N–H and O–H groups in total. The van der Waals surface area contributed by atoms with E-state index in [4.69, 9.17) is 9.47 Å². The normalized spacial score (nSPS) is 13.5. The van der Waals surface area contributed by atoms with E-state index in [9.17, 15) is 14.4 Å². The van der Waals surface area contributed by atoms with Crippen LogP contribution in [0.15, 0.2) is 54.6 Å². The van der Waals surface area contributed by atoms with Crippen molar-refractivity contribution in [3.8, 4) is 17.0 Å². The lowest BCUT2D eigenvalue weighted by molar-refractivity contribution is -0.123. The summed E-state index contributed by atoms with van der Waals surface area (Å²) in [6.45, 7) is -0.564. The van der Waals surface area contributed by atoms with Crippen LogP contribution in [0.25, 0.3) is 22.2 Å². The van der Waals surface area contributed by atoms with Crippen LogP contribution >= 0.6 is 0 Å². The van der Waals surface area contributed by atoms with Crippen LogP contribution in [-0.2, 0) is 9.53 Å². The number of hydrogen-bond acceptors (Lipinski definition) is 6. The molecular formula is C25H25N3O5. The second-order valence-electron chi connectivity index (χ2n) is 7.88. The minimum atomic E-state index is -0.687. The lowest BCUT2D eigenvalue weighted by Gasteiger charge is -2.13. The molecule has 3 aromatic rings. The number of rotatable bonds is 6. The molecule has 1 aromatic heterocycles.